The molecule has 1 heterocycles. The number of aromatic nitrogens is 3. The van der Waals surface area contributed by atoms with Crippen molar-refractivity contribution in [3.63, 3.8) is 0 Å². The molecular formula is C16H12ClF3N4O3S. The second-order valence-corrected chi connectivity index (χ2v) is 7.85. The average Bonchev–Trinajstić information content (AvgIpc) is 3.02. The normalized spacial score (nSPS) is 12.2. The van der Waals surface area contributed by atoms with Crippen LogP contribution >= 0.6 is 11.6 Å². The number of sulfonamides is 1. The number of benzene rings is 2. The predicted octanol–water partition coefficient (Wildman–Crippen LogP) is 3.55. The number of nitrogens with zero attached hydrogens (tertiary/aromatic N) is 1. The minimum Gasteiger partial charge on any atom is -0.289 e. The molecular weight excluding hydrogens is 421 g/mol. The largest absolute Gasteiger partial charge is 0.416 e. The van der Waals surface area contributed by atoms with E-state index in [0.29, 0.717) is 6.07 Å². The summed E-state index contributed by atoms with van der Waals surface area (Å²) >= 11 is 5.93. The summed E-state index contributed by atoms with van der Waals surface area (Å²) in [5, 5.41) is 5.81. The van der Waals surface area contributed by atoms with Crippen LogP contribution in [-0.4, -0.2) is 23.6 Å². The Morgan fingerprint density at radius 3 is 2.50 bits per heavy atom. The minimum atomic E-state index is -4.75. The molecule has 3 N–H and O–H groups in total. The van der Waals surface area contributed by atoms with Gasteiger partial charge in [0.05, 0.1) is 16.1 Å². The molecule has 2 aromatic carbocycles. The molecule has 1 aromatic heterocycles. The topological polar surface area (TPSA) is 108 Å². The van der Waals surface area contributed by atoms with E-state index < -0.39 is 27.5 Å². The fraction of sp³-hybridized carbons (Fsp3) is 0.125. The summed E-state index contributed by atoms with van der Waals surface area (Å²) in [5.74, 6) is -0.171. The average molecular weight is 433 g/mol. The van der Waals surface area contributed by atoms with Gasteiger partial charge in [0, 0.05) is 10.6 Å². The first-order valence-electron chi connectivity index (χ1n) is 7.62. The van der Waals surface area contributed by atoms with Crippen molar-refractivity contribution in [2.24, 2.45) is 0 Å². The molecule has 12 heteroatoms. The fourth-order valence-electron chi connectivity index (χ4n) is 2.48. The van der Waals surface area contributed by atoms with Crippen LogP contribution in [0.4, 0.5) is 18.9 Å². The first-order valence-corrected chi connectivity index (χ1v) is 9.49. The van der Waals surface area contributed by atoms with E-state index in [4.69, 9.17) is 11.6 Å². The number of aromatic amines is 2. The van der Waals surface area contributed by atoms with Gasteiger partial charge in [0.15, 0.2) is 5.82 Å². The van der Waals surface area contributed by atoms with Gasteiger partial charge in [-0.3, -0.25) is 9.71 Å². The Hall–Kier alpha value is -2.79. The van der Waals surface area contributed by atoms with Gasteiger partial charge in [-0.05, 0) is 42.8 Å². The molecule has 0 aliphatic rings. The van der Waals surface area contributed by atoms with Crippen LogP contribution in [0.25, 0.3) is 11.4 Å². The van der Waals surface area contributed by atoms with Crippen LogP contribution in [0.3, 0.4) is 0 Å². The summed E-state index contributed by atoms with van der Waals surface area (Å²) in [6.07, 6.45) is -4.75. The number of nitrogens with one attached hydrogen (secondary N) is 3. The van der Waals surface area contributed by atoms with E-state index in [1.807, 2.05) is 5.10 Å². The zero-order chi connectivity index (χ0) is 20.7. The second-order valence-electron chi connectivity index (χ2n) is 5.79. The van der Waals surface area contributed by atoms with E-state index in [1.54, 1.807) is 0 Å². The molecule has 148 valence electrons. The third-order valence-electron chi connectivity index (χ3n) is 3.79. The van der Waals surface area contributed by atoms with Crippen molar-refractivity contribution in [2.45, 2.75) is 18.0 Å². The highest BCUT2D eigenvalue weighted by Crippen LogP contribution is 2.35. The molecule has 0 spiro atoms. The second kappa shape index (κ2) is 6.99. The van der Waals surface area contributed by atoms with Gasteiger partial charge in [-0.25, -0.2) is 18.3 Å². The number of hydrogen-bond donors (Lipinski definition) is 3. The molecule has 0 unspecified atom stereocenters. The van der Waals surface area contributed by atoms with Crippen molar-refractivity contribution in [1.29, 1.82) is 0 Å². The van der Waals surface area contributed by atoms with Gasteiger partial charge in [-0.1, -0.05) is 17.7 Å². The Morgan fingerprint density at radius 1 is 1.18 bits per heavy atom. The molecule has 0 amide bonds. The fourth-order valence-corrected chi connectivity index (χ4v) is 4.02. The molecule has 0 aliphatic carbocycles. The molecule has 3 rings (SSSR count). The summed E-state index contributed by atoms with van der Waals surface area (Å²) in [5.41, 5.74) is -2.07. The molecule has 0 saturated heterocycles. The molecule has 0 bridgehead atoms. The van der Waals surface area contributed by atoms with Crippen molar-refractivity contribution in [3.05, 3.63) is 63.0 Å². The SMILES string of the molecule is Cc1c(Cl)cccc1S(=O)(=O)Nc1cc(-c2n[nH]c(=O)[nH]2)cc(C(F)(F)F)c1. The molecule has 0 atom stereocenters. The summed E-state index contributed by atoms with van der Waals surface area (Å²) in [7, 11) is -4.22. The van der Waals surface area contributed by atoms with Crippen LogP contribution in [0.2, 0.25) is 5.02 Å². The lowest BCUT2D eigenvalue weighted by Crippen LogP contribution is -2.15. The van der Waals surface area contributed by atoms with Crippen molar-refractivity contribution in [3.8, 4) is 11.4 Å². The van der Waals surface area contributed by atoms with Crippen molar-refractivity contribution in [2.75, 3.05) is 4.72 Å². The zero-order valence-electron chi connectivity index (χ0n) is 14.1. The Kier molecular flexibility index (Phi) is 4.98. The zero-order valence-corrected chi connectivity index (χ0v) is 15.6. The Bertz CT molecular complexity index is 1200. The third kappa shape index (κ3) is 4.04. The molecule has 28 heavy (non-hydrogen) atoms. The van der Waals surface area contributed by atoms with Crippen LogP contribution in [0.1, 0.15) is 11.1 Å². The Morgan fingerprint density at radius 2 is 1.89 bits per heavy atom. The minimum absolute atomic E-state index is 0.131. The van der Waals surface area contributed by atoms with E-state index in [9.17, 15) is 26.4 Å². The maximum absolute atomic E-state index is 13.2. The van der Waals surface area contributed by atoms with Crippen LogP contribution in [0.5, 0.6) is 0 Å². The van der Waals surface area contributed by atoms with E-state index in [-0.39, 0.29) is 32.6 Å². The summed E-state index contributed by atoms with van der Waals surface area (Å²) in [4.78, 5) is 13.2. The van der Waals surface area contributed by atoms with Crippen LogP contribution < -0.4 is 10.4 Å². The van der Waals surface area contributed by atoms with E-state index >= 15 is 0 Å². The number of H-pyrrole nitrogens is 2. The predicted molar refractivity (Wildman–Crippen MR) is 96.6 cm³/mol. The van der Waals surface area contributed by atoms with Crippen LogP contribution in [0.15, 0.2) is 46.1 Å². The van der Waals surface area contributed by atoms with Crippen molar-refractivity contribution in [1.82, 2.24) is 15.2 Å². The van der Waals surface area contributed by atoms with Gasteiger partial charge in [0.25, 0.3) is 10.0 Å². The molecule has 7 nitrogen and oxygen atoms in total. The van der Waals surface area contributed by atoms with Crippen LogP contribution in [0, 0.1) is 6.92 Å². The number of rotatable bonds is 4. The summed E-state index contributed by atoms with van der Waals surface area (Å²) in [6.45, 7) is 1.48. The van der Waals surface area contributed by atoms with E-state index in [0.717, 1.165) is 12.1 Å². The molecule has 3 aromatic rings. The van der Waals surface area contributed by atoms with Gasteiger partial charge in [-0.2, -0.15) is 18.3 Å². The number of halogens is 4. The monoisotopic (exact) mass is 432 g/mol. The maximum atomic E-state index is 13.2. The molecule has 0 radical (unpaired) electrons. The highest BCUT2D eigenvalue weighted by molar-refractivity contribution is 7.92. The molecule has 0 aliphatic heterocycles. The van der Waals surface area contributed by atoms with Crippen molar-refractivity contribution < 1.29 is 21.6 Å². The van der Waals surface area contributed by atoms with E-state index in [1.165, 1.54) is 25.1 Å². The van der Waals surface area contributed by atoms with Crippen molar-refractivity contribution >= 4 is 27.3 Å². The number of anilines is 1. The lowest BCUT2D eigenvalue weighted by Gasteiger charge is -2.14. The van der Waals surface area contributed by atoms with Gasteiger partial charge < -0.3 is 0 Å². The molecule has 0 fully saturated rings. The molecule has 0 saturated carbocycles. The van der Waals surface area contributed by atoms with Crippen LogP contribution in [-0.2, 0) is 16.2 Å². The number of alkyl halides is 3. The maximum Gasteiger partial charge on any atom is 0.416 e. The summed E-state index contributed by atoms with van der Waals surface area (Å²) < 4.78 is 67.2. The van der Waals surface area contributed by atoms with Gasteiger partial charge in [0.1, 0.15) is 0 Å². The van der Waals surface area contributed by atoms with E-state index in [2.05, 4.69) is 14.8 Å². The first-order chi connectivity index (χ1) is 13.0. The highest BCUT2D eigenvalue weighted by Gasteiger charge is 2.32. The Balaban J connectivity index is 2.10. The summed E-state index contributed by atoms with van der Waals surface area (Å²) in [6, 6.07) is 6.70. The first kappa shape index (κ1) is 20.0. The smallest absolute Gasteiger partial charge is 0.289 e. The third-order valence-corrected chi connectivity index (χ3v) is 5.73. The van der Waals surface area contributed by atoms with Gasteiger partial charge >= 0.3 is 11.9 Å². The highest BCUT2D eigenvalue weighted by atomic mass is 35.5. The lowest BCUT2D eigenvalue weighted by molar-refractivity contribution is -0.137. The lowest BCUT2D eigenvalue weighted by atomic mass is 10.1. The van der Waals surface area contributed by atoms with Gasteiger partial charge in [0.2, 0.25) is 0 Å². The van der Waals surface area contributed by atoms with Gasteiger partial charge in [-0.15, -0.1) is 0 Å². The Labute approximate surface area is 161 Å². The number of hydrogen-bond acceptors (Lipinski definition) is 4. The quantitative estimate of drug-likeness (QED) is 0.586. The standard InChI is InChI=1S/C16H12ClF3N4O3S/c1-8-12(17)3-2-4-13(8)28(26,27)24-11-6-9(14-21-15(25)23-22-14)5-10(7-11)16(18,19)20/h2-7,24H,1H3,(H2,21,22,23,25).